The van der Waals surface area contributed by atoms with Gasteiger partial charge in [0.1, 0.15) is 5.42 Å². The van der Waals surface area contributed by atoms with Gasteiger partial charge in [-0.25, -0.2) is 0 Å². The van der Waals surface area contributed by atoms with E-state index in [1.807, 2.05) is 0 Å². The van der Waals surface area contributed by atoms with E-state index >= 15 is 0 Å². The lowest BCUT2D eigenvalue weighted by molar-refractivity contribution is 0.517. The summed E-state index contributed by atoms with van der Waals surface area (Å²) in [6, 6.07) is 2.05. The number of hydrogen-bond acceptors (Lipinski definition) is 1. The minimum Gasteiger partial charge on any atom is -0.464 e. The van der Waals surface area contributed by atoms with E-state index in [0.717, 1.165) is 11.8 Å². The molecule has 1 aliphatic carbocycles. The molecule has 0 unspecified atom stereocenters. The standard InChI is InChI=1S/C11H14O/c1-8(2)10-5-3-4-9-6-7-12-11(9)10/h4,6-8H,3,5H2,1-2H3. The zero-order chi connectivity index (χ0) is 8.55. The van der Waals surface area contributed by atoms with E-state index in [1.165, 1.54) is 17.2 Å². The third kappa shape index (κ3) is 1.09. The monoisotopic (exact) mass is 162 g/mol. The minimum absolute atomic E-state index is 0.614. The molecule has 1 aliphatic rings. The number of rotatable bonds is 1. The first-order chi connectivity index (χ1) is 5.79. The molecular weight excluding hydrogens is 148 g/mol. The first-order valence-corrected chi connectivity index (χ1v) is 4.56. The van der Waals surface area contributed by atoms with Gasteiger partial charge in [0.05, 0.1) is 6.26 Å². The van der Waals surface area contributed by atoms with Gasteiger partial charge in [-0.05, 0) is 30.4 Å². The average molecular weight is 162 g/mol. The van der Waals surface area contributed by atoms with Gasteiger partial charge in [0.2, 0.25) is 0 Å². The van der Waals surface area contributed by atoms with Crippen molar-refractivity contribution in [2.45, 2.75) is 26.7 Å². The quantitative estimate of drug-likeness (QED) is 0.612. The lowest BCUT2D eigenvalue weighted by Crippen LogP contribution is -2.27. The molecule has 0 N–H and O–H groups in total. The molecule has 1 heterocycles. The second-order valence-corrected chi connectivity index (χ2v) is 3.63. The summed E-state index contributed by atoms with van der Waals surface area (Å²) in [4.78, 5) is 0. The first-order valence-electron chi connectivity index (χ1n) is 4.56. The average Bonchev–Trinajstić information content (AvgIpc) is 2.49. The zero-order valence-corrected chi connectivity index (χ0v) is 7.63. The molecule has 0 radical (unpaired) electrons. The molecule has 1 aromatic heterocycles. The van der Waals surface area contributed by atoms with Gasteiger partial charge >= 0.3 is 0 Å². The maximum atomic E-state index is 5.46. The first kappa shape index (κ1) is 7.66. The Morgan fingerprint density at radius 2 is 2.25 bits per heavy atom. The Balaban J connectivity index is 2.72. The Morgan fingerprint density at radius 3 is 3.00 bits per heavy atom. The van der Waals surface area contributed by atoms with Crippen LogP contribution in [0.25, 0.3) is 11.6 Å². The van der Waals surface area contributed by atoms with Crippen LogP contribution in [0.15, 0.2) is 16.7 Å². The molecule has 1 aromatic rings. The molecule has 0 spiro atoms. The van der Waals surface area contributed by atoms with E-state index in [4.69, 9.17) is 4.42 Å². The van der Waals surface area contributed by atoms with Gasteiger partial charge in [-0.1, -0.05) is 19.9 Å². The van der Waals surface area contributed by atoms with Crippen molar-refractivity contribution >= 4 is 11.6 Å². The fourth-order valence-electron chi connectivity index (χ4n) is 1.79. The molecule has 12 heavy (non-hydrogen) atoms. The Hall–Kier alpha value is -0.980. The normalized spacial score (nSPS) is 16.1. The lowest BCUT2D eigenvalue weighted by atomic mass is 9.95. The van der Waals surface area contributed by atoms with E-state index in [9.17, 15) is 0 Å². The highest BCUT2D eigenvalue weighted by Gasteiger charge is 2.09. The maximum Gasteiger partial charge on any atom is 0.132 e. The van der Waals surface area contributed by atoms with Crippen molar-refractivity contribution in [3.8, 4) is 0 Å². The Labute approximate surface area is 72.4 Å². The van der Waals surface area contributed by atoms with E-state index in [2.05, 4.69) is 26.0 Å². The molecule has 0 aromatic carbocycles. The smallest absolute Gasteiger partial charge is 0.132 e. The third-order valence-corrected chi connectivity index (χ3v) is 2.46. The Morgan fingerprint density at radius 1 is 1.42 bits per heavy atom. The topological polar surface area (TPSA) is 13.1 Å². The predicted molar refractivity (Wildman–Crippen MR) is 49.9 cm³/mol. The van der Waals surface area contributed by atoms with Gasteiger partial charge in [-0.2, -0.15) is 0 Å². The van der Waals surface area contributed by atoms with E-state index in [0.29, 0.717) is 5.92 Å². The molecule has 0 aliphatic heterocycles. The van der Waals surface area contributed by atoms with Crippen LogP contribution in [0.2, 0.25) is 0 Å². The van der Waals surface area contributed by atoms with Crippen molar-refractivity contribution in [3.63, 3.8) is 0 Å². The van der Waals surface area contributed by atoms with Crippen molar-refractivity contribution in [2.24, 2.45) is 5.92 Å². The van der Waals surface area contributed by atoms with Crippen LogP contribution in [0.5, 0.6) is 0 Å². The molecule has 2 rings (SSSR count). The third-order valence-electron chi connectivity index (χ3n) is 2.46. The van der Waals surface area contributed by atoms with Crippen LogP contribution in [0.1, 0.15) is 26.7 Å². The van der Waals surface area contributed by atoms with E-state index < -0.39 is 0 Å². The SMILES string of the molecule is CC(C)C1=c2occc2=CCC1. The summed E-state index contributed by atoms with van der Waals surface area (Å²) in [6.07, 6.45) is 6.37. The highest BCUT2D eigenvalue weighted by Crippen LogP contribution is 2.17. The summed E-state index contributed by atoms with van der Waals surface area (Å²) in [5.41, 5.74) is 2.59. The second kappa shape index (κ2) is 2.81. The summed E-state index contributed by atoms with van der Waals surface area (Å²) in [6.45, 7) is 4.46. The van der Waals surface area contributed by atoms with E-state index in [1.54, 1.807) is 6.26 Å². The van der Waals surface area contributed by atoms with Gasteiger partial charge in [-0.15, -0.1) is 0 Å². The van der Waals surface area contributed by atoms with Gasteiger partial charge in [-0.3, -0.25) is 0 Å². The molecular formula is C11H14O. The fourth-order valence-corrected chi connectivity index (χ4v) is 1.79. The second-order valence-electron chi connectivity index (χ2n) is 3.63. The largest absolute Gasteiger partial charge is 0.464 e. The van der Waals surface area contributed by atoms with Crippen molar-refractivity contribution < 1.29 is 4.42 Å². The summed E-state index contributed by atoms with van der Waals surface area (Å²) >= 11 is 0. The predicted octanol–water partition coefficient (Wildman–Crippen LogP) is 1.66. The van der Waals surface area contributed by atoms with Crippen LogP contribution < -0.4 is 10.6 Å². The maximum absolute atomic E-state index is 5.46. The van der Waals surface area contributed by atoms with Crippen LogP contribution in [0.4, 0.5) is 0 Å². The fraction of sp³-hybridized carbons (Fsp3) is 0.455. The highest BCUT2D eigenvalue weighted by molar-refractivity contribution is 5.49. The number of furan rings is 1. The molecule has 0 amide bonds. The summed E-state index contributed by atoms with van der Waals surface area (Å²) in [5, 5.41) is 1.28. The highest BCUT2D eigenvalue weighted by atomic mass is 16.3. The molecule has 0 atom stereocenters. The molecule has 64 valence electrons. The molecule has 1 heteroatoms. The van der Waals surface area contributed by atoms with Crippen molar-refractivity contribution in [1.82, 2.24) is 0 Å². The van der Waals surface area contributed by atoms with Gasteiger partial charge in [0.25, 0.3) is 0 Å². The summed E-state index contributed by atoms with van der Waals surface area (Å²) in [7, 11) is 0. The number of hydrogen-bond donors (Lipinski definition) is 0. The Kier molecular flexibility index (Phi) is 1.80. The van der Waals surface area contributed by atoms with Crippen molar-refractivity contribution in [1.29, 1.82) is 0 Å². The van der Waals surface area contributed by atoms with Crippen LogP contribution >= 0.6 is 0 Å². The van der Waals surface area contributed by atoms with Crippen LogP contribution in [-0.4, -0.2) is 0 Å². The van der Waals surface area contributed by atoms with Crippen molar-refractivity contribution in [2.75, 3.05) is 0 Å². The summed E-state index contributed by atoms with van der Waals surface area (Å²) < 4.78 is 5.46. The Bertz CT molecular complexity index is 381. The zero-order valence-electron chi connectivity index (χ0n) is 7.63. The van der Waals surface area contributed by atoms with Gasteiger partial charge < -0.3 is 4.42 Å². The molecule has 0 fully saturated rings. The van der Waals surface area contributed by atoms with Gasteiger partial charge in [0, 0.05) is 5.22 Å². The molecule has 0 saturated heterocycles. The van der Waals surface area contributed by atoms with E-state index in [-0.39, 0.29) is 0 Å². The van der Waals surface area contributed by atoms with Crippen molar-refractivity contribution in [3.05, 3.63) is 23.0 Å². The summed E-state index contributed by atoms with van der Waals surface area (Å²) in [5.74, 6) is 0.614. The lowest BCUT2D eigenvalue weighted by Gasteiger charge is -2.10. The van der Waals surface area contributed by atoms with Crippen LogP contribution in [-0.2, 0) is 0 Å². The number of fused-ring (bicyclic) bond motifs is 1. The van der Waals surface area contributed by atoms with Crippen LogP contribution in [0.3, 0.4) is 0 Å². The molecule has 1 nitrogen and oxygen atoms in total. The minimum atomic E-state index is 0.614. The van der Waals surface area contributed by atoms with Gasteiger partial charge in [0.15, 0.2) is 0 Å². The van der Waals surface area contributed by atoms with Crippen LogP contribution in [0, 0.1) is 5.92 Å². The molecule has 0 bridgehead atoms. The molecule has 0 saturated carbocycles.